The quantitative estimate of drug-likeness (QED) is 0.667. The van der Waals surface area contributed by atoms with Crippen molar-refractivity contribution in [3.8, 4) is 11.8 Å². The first kappa shape index (κ1) is 14.9. The first-order valence-corrected chi connectivity index (χ1v) is 7.39. The first-order chi connectivity index (χ1) is 9.79. The lowest BCUT2D eigenvalue weighted by Gasteiger charge is -2.10. The average molecular weight is 280 g/mol. The van der Waals surface area contributed by atoms with Crippen molar-refractivity contribution < 1.29 is 14.2 Å². The van der Waals surface area contributed by atoms with Gasteiger partial charge in [0.25, 0.3) is 0 Å². The minimum absolute atomic E-state index is 0.473. The molecule has 0 amide bonds. The summed E-state index contributed by atoms with van der Waals surface area (Å²) in [4.78, 5) is 4.28. The molecular formula is C15H24N2O3. The standard InChI is InChI=1S/C15H24N2O3/c1-2-3-8-18-9-10-19-14-7-6-13(16)15(17-14)20-11-12-4-5-12/h6-7,12H,2-5,8-11,16H2,1H3. The van der Waals surface area contributed by atoms with Crippen LogP contribution >= 0.6 is 0 Å². The van der Waals surface area contributed by atoms with Gasteiger partial charge in [0.1, 0.15) is 6.61 Å². The highest BCUT2D eigenvalue weighted by atomic mass is 16.5. The molecule has 0 aliphatic heterocycles. The van der Waals surface area contributed by atoms with Crippen LogP contribution in [0.15, 0.2) is 12.1 Å². The van der Waals surface area contributed by atoms with Gasteiger partial charge in [-0.05, 0) is 31.2 Å². The van der Waals surface area contributed by atoms with Crippen LogP contribution in [0.2, 0.25) is 0 Å². The molecule has 2 N–H and O–H groups in total. The molecule has 0 spiro atoms. The lowest BCUT2D eigenvalue weighted by Crippen LogP contribution is -2.09. The Morgan fingerprint density at radius 3 is 2.80 bits per heavy atom. The number of ether oxygens (including phenoxy) is 3. The van der Waals surface area contributed by atoms with Crippen molar-refractivity contribution in [3.63, 3.8) is 0 Å². The van der Waals surface area contributed by atoms with E-state index in [1.54, 1.807) is 12.1 Å². The van der Waals surface area contributed by atoms with E-state index in [1.165, 1.54) is 12.8 Å². The number of anilines is 1. The third-order valence-electron chi connectivity index (χ3n) is 3.14. The van der Waals surface area contributed by atoms with E-state index < -0.39 is 0 Å². The van der Waals surface area contributed by atoms with E-state index in [9.17, 15) is 0 Å². The van der Waals surface area contributed by atoms with Crippen molar-refractivity contribution in [2.45, 2.75) is 32.6 Å². The van der Waals surface area contributed by atoms with Crippen LogP contribution in [0, 0.1) is 5.92 Å². The van der Waals surface area contributed by atoms with Gasteiger partial charge in [-0.1, -0.05) is 13.3 Å². The third kappa shape index (κ3) is 5.25. The average Bonchev–Trinajstić information content (AvgIpc) is 3.27. The summed E-state index contributed by atoms with van der Waals surface area (Å²) in [5.74, 6) is 1.68. The lowest BCUT2D eigenvalue weighted by atomic mass is 10.4. The van der Waals surface area contributed by atoms with Gasteiger partial charge in [-0.3, -0.25) is 0 Å². The molecule has 0 saturated heterocycles. The summed E-state index contributed by atoms with van der Waals surface area (Å²) in [7, 11) is 0. The Kier molecular flexibility index (Phi) is 5.92. The van der Waals surface area contributed by atoms with Gasteiger partial charge >= 0.3 is 0 Å². The predicted molar refractivity (Wildman–Crippen MR) is 78.1 cm³/mol. The van der Waals surface area contributed by atoms with Crippen molar-refractivity contribution in [3.05, 3.63) is 12.1 Å². The number of pyridine rings is 1. The molecule has 2 rings (SSSR count). The molecule has 1 fully saturated rings. The Morgan fingerprint density at radius 1 is 1.20 bits per heavy atom. The van der Waals surface area contributed by atoms with Crippen LogP contribution in [-0.2, 0) is 4.74 Å². The van der Waals surface area contributed by atoms with Gasteiger partial charge in [0.15, 0.2) is 0 Å². The highest BCUT2D eigenvalue weighted by molar-refractivity contribution is 5.49. The van der Waals surface area contributed by atoms with E-state index >= 15 is 0 Å². The number of nitrogen functional groups attached to an aromatic ring is 1. The highest BCUT2D eigenvalue weighted by Gasteiger charge is 2.22. The van der Waals surface area contributed by atoms with E-state index in [2.05, 4.69) is 11.9 Å². The molecule has 0 bridgehead atoms. The summed E-state index contributed by atoms with van der Waals surface area (Å²) in [6.07, 6.45) is 4.71. The molecule has 0 unspecified atom stereocenters. The van der Waals surface area contributed by atoms with Gasteiger partial charge in [0.05, 0.1) is 18.9 Å². The molecule has 5 nitrogen and oxygen atoms in total. The van der Waals surface area contributed by atoms with E-state index in [1.807, 2.05) is 0 Å². The molecule has 1 aromatic rings. The van der Waals surface area contributed by atoms with Crippen LogP contribution in [-0.4, -0.2) is 31.4 Å². The van der Waals surface area contributed by atoms with Crippen molar-refractivity contribution in [1.29, 1.82) is 0 Å². The van der Waals surface area contributed by atoms with Crippen molar-refractivity contribution in [2.75, 3.05) is 32.2 Å². The fraction of sp³-hybridized carbons (Fsp3) is 0.667. The van der Waals surface area contributed by atoms with Crippen molar-refractivity contribution >= 4 is 5.69 Å². The predicted octanol–water partition coefficient (Wildman–Crippen LogP) is 2.65. The van der Waals surface area contributed by atoms with Gasteiger partial charge < -0.3 is 19.9 Å². The van der Waals surface area contributed by atoms with Crippen LogP contribution < -0.4 is 15.2 Å². The molecule has 1 heterocycles. The highest BCUT2D eigenvalue weighted by Crippen LogP contribution is 2.30. The maximum Gasteiger partial charge on any atom is 0.240 e. The van der Waals surface area contributed by atoms with Gasteiger partial charge in [-0.25, -0.2) is 0 Å². The maximum atomic E-state index is 5.84. The Hall–Kier alpha value is -1.49. The second-order valence-electron chi connectivity index (χ2n) is 5.11. The number of nitrogens with two attached hydrogens (primary N) is 1. The molecule has 0 atom stereocenters. The van der Waals surface area contributed by atoms with Gasteiger partial charge in [-0.15, -0.1) is 0 Å². The Labute approximate surface area is 120 Å². The molecule has 5 heteroatoms. The van der Waals surface area contributed by atoms with Crippen LogP contribution in [0.4, 0.5) is 5.69 Å². The van der Waals surface area contributed by atoms with Crippen LogP contribution in [0.25, 0.3) is 0 Å². The molecule has 1 aliphatic carbocycles. The zero-order valence-electron chi connectivity index (χ0n) is 12.1. The number of unbranched alkanes of at least 4 members (excludes halogenated alkanes) is 1. The number of nitrogens with zero attached hydrogens (tertiary/aromatic N) is 1. The second-order valence-corrected chi connectivity index (χ2v) is 5.11. The Morgan fingerprint density at radius 2 is 2.05 bits per heavy atom. The summed E-state index contributed by atoms with van der Waals surface area (Å²) in [5, 5.41) is 0. The van der Waals surface area contributed by atoms with Crippen molar-refractivity contribution in [1.82, 2.24) is 4.98 Å². The largest absolute Gasteiger partial charge is 0.476 e. The fourth-order valence-corrected chi connectivity index (χ4v) is 1.67. The zero-order chi connectivity index (χ0) is 14.2. The number of aromatic nitrogens is 1. The van der Waals surface area contributed by atoms with E-state index in [4.69, 9.17) is 19.9 Å². The lowest BCUT2D eigenvalue weighted by molar-refractivity contribution is 0.0962. The molecule has 1 aromatic heterocycles. The number of hydrogen-bond acceptors (Lipinski definition) is 5. The second kappa shape index (κ2) is 7.94. The monoisotopic (exact) mass is 280 g/mol. The topological polar surface area (TPSA) is 66.6 Å². The van der Waals surface area contributed by atoms with E-state index in [-0.39, 0.29) is 0 Å². The normalized spacial score (nSPS) is 14.2. The van der Waals surface area contributed by atoms with Crippen LogP contribution in [0.1, 0.15) is 32.6 Å². The van der Waals surface area contributed by atoms with E-state index in [0.717, 1.165) is 19.4 Å². The first-order valence-electron chi connectivity index (χ1n) is 7.39. The Bertz CT molecular complexity index is 408. The molecule has 0 aromatic carbocycles. The summed E-state index contributed by atoms with van der Waals surface area (Å²) < 4.78 is 16.6. The number of rotatable bonds is 10. The Balaban J connectivity index is 1.71. The minimum Gasteiger partial charge on any atom is -0.476 e. The minimum atomic E-state index is 0.473. The van der Waals surface area contributed by atoms with Crippen LogP contribution in [0.5, 0.6) is 11.8 Å². The van der Waals surface area contributed by atoms with E-state index in [0.29, 0.717) is 43.2 Å². The molecule has 1 aliphatic rings. The summed E-state index contributed by atoms with van der Waals surface area (Å²) in [6.45, 7) is 4.68. The van der Waals surface area contributed by atoms with Crippen molar-refractivity contribution in [2.24, 2.45) is 5.92 Å². The SMILES string of the molecule is CCCCOCCOc1ccc(N)c(OCC2CC2)n1. The summed E-state index contributed by atoms with van der Waals surface area (Å²) in [6, 6.07) is 3.52. The summed E-state index contributed by atoms with van der Waals surface area (Å²) in [5.41, 5.74) is 6.39. The van der Waals surface area contributed by atoms with Gasteiger partial charge in [-0.2, -0.15) is 4.98 Å². The number of hydrogen-bond donors (Lipinski definition) is 1. The zero-order valence-corrected chi connectivity index (χ0v) is 12.1. The fourth-order valence-electron chi connectivity index (χ4n) is 1.67. The molecular weight excluding hydrogens is 256 g/mol. The smallest absolute Gasteiger partial charge is 0.240 e. The molecule has 1 saturated carbocycles. The molecule has 0 radical (unpaired) electrons. The maximum absolute atomic E-state index is 5.84. The summed E-state index contributed by atoms with van der Waals surface area (Å²) >= 11 is 0. The van der Waals surface area contributed by atoms with Gasteiger partial charge in [0.2, 0.25) is 11.8 Å². The van der Waals surface area contributed by atoms with Gasteiger partial charge in [0, 0.05) is 12.7 Å². The molecule has 20 heavy (non-hydrogen) atoms. The van der Waals surface area contributed by atoms with Crippen LogP contribution in [0.3, 0.4) is 0 Å². The third-order valence-corrected chi connectivity index (χ3v) is 3.14. The molecule has 112 valence electrons.